The Labute approximate surface area is 193 Å². The summed E-state index contributed by atoms with van der Waals surface area (Å²) in [5.41, 5.74) is -6.02. The first kappa shape index (κ1) is 29.2. The Kier molecular flexibility index (Phi) is 9.41. The standard InChI is InChI=1S/C14H15BrN2.2CHF3O3S/c1-11-2-4-16-6-7-17-5-3-12(10-15)9-14(17)13(16)8-11;2*2-1(3,4)8(5,6)7/h2-5,8-9H,6-7,10H2,1H3;2*(H,5,6,7)/q+2;;/p-2. The van der Waals surface area contributed by atoms with Crippen LogP contribution in [0.3, 0.4) is 0 Å². The van der Waals surface area contributed by atoms with Gasteiger partial charge in [0.1, 0.15) is 0 Å². The molecule has 0 aliphatic carbocycles. The van der Waals surface area contributed by atoms with Gasteiger partial charge in [0, 0.05) is 29.6 Å². The number of alkyl halides is 7. The van der Waals surface area contributed by atoms with E-state index >= 15 is 0 Å². The highest BCUT2D eigenvalue weighted by Crippen LogP contribution is 2.21. The second-order valence-corrected chi connectivity index (χ2v) is 9.63. The zero-order chi connectivity index (χ0) is 25.8. The van der Waals surface area contributed by atoms with E-state index in [9.17, 15) is 26.3 Å². The molecule has 1 aliphatic rings. The number of hydrogen-bond acceptors (Lipinski definition) is 6. The van der Waals surface area contributed by atoms with E-state index in [2.05, 4.69) is 68.6 Å². The molecule has 8 nitrogen and oxygen atoms in total. The molecule has 0 N–H and O–H groups in total. The maximum absolute atomic E-state index is 10.7. The van der Waals surface area contributed by atoms with Crippen LogP contribution >= 0.6 is 15.9 Å². The van der Waals surface area contributed by atoms with Crippen LogP contribution in [0.25, 0.3) is 11.4 Å². The summed E-state index contributed by atoms with van der Waals surface area (Å²) in [4.78, 5) is 0. The third-order valence-electron chi connectivity index (χ3n) is 3.86. The molecule has 33 heavy (non-hydrogen) atoms. The highest BCUT2D eigenvalue weighted by Gasteiger charge is 2.37. The summed E-state index contributed by atoms with van der Waals surface area (Å²) >= 11 is 3.52. The normalized spacial score (nSPS) is 13.5. The lowest BCUT2D eigenvalue weighted by molar-refractivity contribution is -0.795. The van der Waals surface area contributed by atoms with Crippen molar-refractivity contribution in [1.29, 1.82) is 0 Å². The van der Waals surface area contributed by atoms with E-state index in [0.717, 1.165) is 18.4 Å². The Bertz CT molecular complexity index is 1160. The highest BCUT2D eigenvalue weighted by molar-refractivity contribution is 9.08. The number of hydrogen-bond donors (Lipinski definition) is 0. The van der Waals surface area contributed by atoms with Gasteiger partial charge in [0.2, 0.25) is 13.1 Å². The summed E-state index contributed by atoms with van der Waals surface area (Å²) in [5.74, 6) is 0. The average Bonchev–Trinajstić information content (AvgIpc) is 2.65. The van der Waals surface area contributed by atoms with Crippen LogP contribution in [0.1, 0.15) is 11.1 Å². The minimum atomic E-state index is -6.09. The Morgan fingerprint density at radius 2 is 1.21 bits per heavy atom. The Morgan fingerprint density at radius 1 is 0.848 bits per heavy atom. The van der Waals surface area contributed by atoms with Crippen molar-refractivity contribution in [2.24, 2.45) is 0 Å². The van der Waals surface area contributed by atoms with Crippen molar-refractivity contribution >= 4 is 36.2 Å². The van der Waals surface area contributed by atoms with Gasteiger partial charge in [0.25, 0.3) is 11.4 Å². The van der Waals surface area contributed by atoms with Crippen LogP contribution < -0.4 is 9.13 Å². The quantitative estimate of drug-likeness (QED) is 0.165. The number of halogens is 7. The van der Waals surface area contributed by atoms with E-state index in [1.807, 2.05) is 0 Å². The topological polar surface area (TPSA) is 122 Å². The molecule has 186 valence electrons. The lowest BCUT2D eigenvalue weighted by atomic mass is 10.1. The molecule has 3 rings (SSSR count). The van der Waals surface area contributed by atoms with Gasteiger partial charge in [0.15, 0.2) is 32.6 Å². The molecule has 0 radical (unpaired) electrons. The molecule has 0 aromatic carbocycles. The fourth-order valence-corrected chi connectivity index (χ4v) is 2.69. The van der Waals surface area contributed by atoms with Crippen molar-refractivity contribution < 1.29 is 61.4 Å². The molecule has 0 saturated heterocycles. The van der Waals surface area contributed by atoms with Crippen LogP contribution in [0.2, 0.25) is 0 Å². The van der Waals surface area contributed by atoms with Crippen molar-refractivity contribution in [3.05, 3.63) is 47.8 Å². The van der Waals surface area contributed by atoms with Gasteiger partial charge < -0.3 is 9.11 Å². The molecule has 0 fully saturated rings. The summed E-state index contributed by atoms with van der Waals surface area (Å²) in [5, 5.41) is 0.909. The minimum absolute atomic E-state index is 0.909. The molecule has 0 spiro atoms. The van der Waals surface area contributed by atoms with E-state index in [1.54, 1.807) is 0 Å². The maximum Gasteiger partial charge on any atom is 0.485 e. The van der Waals surface area contributed by atoms with Gasteiger partial charge in [-0.2, -0.15) is 35.5 Å². The summed E-state index contributed by atoms with van der Waals surface area (Å²) in [6, 6.07) is 8.90. The van der Waals surface area contributed by atoms with Gasteiger partial charge in [0.05, 0.1) is 0 Å². The van der Waals surface area contributed by atoms with Crippen LogP contribution in [0.15, 0.2) is 36.7 Å². The molecule has 0 amide bonds. The predicted octanol–water partition coefficient (Wildman–Crippen LogP) is 2.25. The molecule has 0 unspecified atom stereocenters. The van der Waals surface area contributed by atoms with Crippen LogP contribution in [-0.4, -0.2) is 37.0 Å². The first-order chi connectivity index (χ1) is 14.8. The Hall–Kier alpha value is -1.82. The molecule has 1 aliphatic heterocycles. The van der Waals surface area contributed by atoms with Gasteiger partial charge in [-0.1, -0.05) is 15.9 Å². The molecule has 0 bridgehead atoms. The molecule has 2 aromatic heterocycles. The van der Waals surface area contributed by atoms with Crippen molar-refractivity contribution in [1.82, 2.24) is 0 Å². The monoisotopic (exact) mass is 588 g/mol. The lowest BCUT2D eigenvalue weighted by Gasteiger charge is -2.10. The third kappa shape index (κ3) is 8.47. The average molecular weight is 589 g/mol. The second-order valence-electron chi connectivity index (χ2n) is 6.33. The molecular weight excluding hydrogens is 574 g/mol. The van der Waals surface area contributed by atoms with Gasteiger partial charge in [-0.05, 0) is 18.1 Å². The van der Waals surface area contributed by atoms with Gasteiger partial charge >= 0.3 is 11.0 Å². The molecule has 2 aromatic rings. The van der Waals surface area contributed by atoms with E-state index in [0.29, 0.717) is 0 Å². The zero-order valence-corrected chi connectivity index (χ0v) is 19.6. The van der Waals surface area contributed by atoms with Crippen LogP contribution in [-0.2, 0) is 38.7 Å². The molecule has 0 saturated carbocycles. The fourth-order valence-electron chi connectivity index (χ4n) is 2.34. The van der Waals surface area contributed by atoms with Crippen LogP contribution in [0.5, 0.6) is 0 Å². The van der Waals surface area contributed by atoms with Crippen molar-refractivity contribution in [3.8, 4) is 11.4 Å². The van der Waals surface area contributed by atoms with Crippen LogP contribution in [0, 0.1) is 6.92 Å². The summed E-state index contributed by atoms with van der Waals surface area (Å²) in [6.07, 6.45) is 4.38. The Morgan fingerprint density at radius 3 is 1.58 bits per heavy atom. The first-order valence-corrected chi connectivity index (χ1v) is 12.3. The molecule has 17 heteroatoms. The zero-order valence-electron chi connectivity index (χ0n) is 16.4. The number of rotatable bonds is 1. The summed E-state index contributed by atoms with van der Waals surface area (Å²) in [7, 11) is -12.2. The number of aryl methyl sites for hydroxylation is 3. The van der Waals surface area contributed by atoms with Gasteiger partial charge in [-0.15, -0.1) is 0 Å². The second kappa shape index (κ2) is 10.6. The fraction of sp³-hybridized carbons (Fsp3) is 0.375. The highest BCUT2D eigenvalue weighted by atomic mass is 79.9. The third-order valence-corrected chi connectivity index (χ3v) is 5.64. The van der Waals surface area contributed by atoms with Crippen molar-refractivity contribution in [3.63, 3.8) is 0 Å². The summed E-state index contributed by atoms with van der Waals surface area (Å²) in [6.45, 7) is 4.26. The minimum Gasteiger partial charge on any atom is -0.741 e. The van der Waals surface area contributed by atoms with E-state index in [1.165, 1.54) is 22.5 Å². The molecule has 3 heterocycles. The van der Waals surface area contributed by atoms with E-state index < -0.39 is 31.3 Å². The number of nitrogens with zero attached hydrogens (tertiary/aromatic N) is 2. The largest absolute Gasteiger partial charge is 0.741 e. The summed E-state index contributed by atoms with van der Waals surface area (Å²) < 4.78 is 122. The number of fused-ring (bicyclic) bond motifs is 3. The molecule has 0 atom stereocenters. The van der Waals surface area contributed by atoms with Crippen molar-refractivity contribution in [2.75, 3.05) is 0 Å². The maximum atomic E-state index is 10.7. The number of pyridine rings is 2. The predicted molar refractivity (Wildman–Crippen MR) is 101 cm³/mol. The van der Waals surface area contributed by atoms with E-state index in [-0.39, 0.29) is 0 Å². The van der Waals surface area contributed by atoms with Crippen LogP contribution in [0.4, 0.5) is 26.3 Å². The smallest absolute Gasteiger partial charge is 0.485 e. The van der Waals surface area contributed by atoms with E-state index in [4.69, 9.17) is 25.9 Å². The Balaban J connectivity index is 0.000000288. The SMILES string of the molecule is Cc1cc[n+]2c(c1)-c1cc(CBr)cc[n+]1CC2.O=S(=O)([O-])C(F)(F)F.O=S(=O)([O-])C(F)(F)F. The molecular formula is C16H15BrF6N2O6S2. The van der Waals surface area contributed by atoms with Gasteiger partial charge in [-0.3, -0.25) is 0 Å². The lowest BCUT2D eigenvalue weighted by Crippen LogP contribution is -2.53. The first-order valence-electron chi connectivity index (χ1n) is 8.41. The van der Waals surface area contributed by atoms with Crippen molar-refractivity contribution in [2.45, 2.75) is 36.4 Å². The van der Waals surface area contributed by atoms with Gasteiger partial charge in [-0.25, -0.2) is 16.8 Å². The number of aromatic nitrogens is 2.